The van der Waals surface area contributed by atoms with E-state index in [-0.39, 0.29) is 11.1 Å². The summed E-state index contributed by atoms with van der Waals surface area (Å²) in [6, 6.07) is 6.42. The van der Waals surface area contributed by atoms with Crippen LogP contribution in [-0.2, 0) is 0 Å². The molecule has 1 atom stereocenters. The van der Waals surface area contributed by atoms with Gasteiger partial charge in [-0.3, -0.25) is 0 Å². The first-order valence-corrected chi connectivity index (χ1v) is 8.14. The highest BCUT2D eigenvalue weighted by Crippen LogP contribution is 2.37. The number of halogens is 1. The lowest BCUT2D eigenvalue weighted by molar-refractivity contribution is 0.627. The van der Waals surface area contributed by atoms with Crippen LogP contribution in [-0.4, -0.2) is 23.0 Å². The molecule has 0 spiro atoms. The zero-order chi connectivity index (χ0) is 13.0. The molecule has 0 bridgehead atoms. The molecule has 0 fully saturated rings. The standard InChI is InChI=1S/C11H12FN3S3/c1-16-10-14-15-11(18-10)17-9(6-13)7-2-4-8(12)5-3-7/h2-5,9H,6,13H2,1H3. The minimum Gasteiger partial charge on any atom is -0.329 e. The molecule has 1 heterocycles. The van der Waals surface area contributed by atoms with E-state index in [1.54, 1.807) is 47.0 Å². The van der Waals surface area contributed by atoms with Gasteiger partial charge in [-0.25, -0.2) is 4.39 Å². The summed E-state index contributed by atoms with van der Waals surface area (Å²) in [7, 11) is 0. The molecule has 0 saturated carbocycles. The third-order valence-electron chi connectivity index (χ3n) is 2.26. The lowest BCUT2D eigenvalue weighted by Gasteiger charge is -2.12. The second kappa shape index (κ2) is 6.51. The maximum Gasteiger partial charge on any atom is 0.175 e. The van der Waals surface area contributed by atoms with Crippen LogP contribution in [0.3, 0.4) is 0 Å². The van der Waals surface area contributed by atoms with Gasteiger partial charge in [0.2, 0.25) is 0 Å². The Bertz CT molecular complexity index is 500. The minimum absolute atomic E-state index is 0.0771. The van der Waals surface area contributed by atoms with Crippen LogP contribution in [0.4, 0.5) is 4.39 Å². The van der Waals surface area contributed by atoms with Gasteiger partial charge in [0, 0.05) is 11.8 Å². The van der Waals surface area contributed by atoms with Crippen LogP contribution in [0.5, 0.6) is 0 Å². The molecule has 7 heteroatoms. The fourth-order valence-corrected chi connectivity index (χ4v) is 4.04. The Hall–Kier alpha value is -0.630. The van der Waals surface area contributed by atoms with Crippen molar-refractivity contribution < 1.29 is 4.39 Å². The highest BCUT2D eigenvalue weighted by molar-refractivity contribution is 8.03. The molecule has 96 valence electrons. The van der Waals surface area contributed by atoms with Gasteiger partial charge in [-0.15, -0.1) is 10.2 Å². The molecule has 0 radical (unpaired) electrons. The summed E-state index contributed by atoms with van der Waals surface area (Å²) >= 11 is 4.69. The van der Waals surface area contributed by atoms with Gasteiger partial charge in [0.25, 0.3) is 0 Å². The van der Waals surface area contributed by atoms with Crippen LogP contribution in [0.25, 0.3) is 0 Å². The first kappa shape index (κ1) is 13.8. The number of nitrogens with two attached hydrogens (primary N) is 1. The average Bonchev–Trinajstić information content (AvgIpc) is 2.85. The van der Waals surface area contributed by atoms with Crippen molar-refractivity contribution in [3.8, 4) is 0 Å². The highest BCUT2D eigenvalue weighted by Gasteiger charge is 2.14. The van der Waals surface area contributed by atoms with E-state index in [4.69, 9.17) is 5.73 Å². The maximum atomic E-state index is 12.9. The summed E-state index contributed by atoms with van der Waals surface area (Å²) in [6.07, 6.45) is 1.97. The van der Waals surface area contributed by atoms with Gasteiger partial charge in [-0.05, 0) is 24.0 Å². The second-order valence-corrected chi connectivity index (χ2v) is 6.91. The largest absolute Gasteiger partial charge is 0.329 e. The fourth-order valence-electron chi connectivity index (χ4n) is 1.38. The first-order chi connectivity index (χ1) is 8.72. The summed E-state index contributed by atoms with van der Waals surface area (Å²) in [5.41, 5.74) is 6.77. The first-order valence-electron chi connectivity index (χ1n) is 5.22. The van der Waals surface area contributed by atoms with Gasteiger partial charge < -0.3 is 5.73 Å². The maximum absolute atomic E-state index is 12.9. The number of thioether (sulfide) groups is 2. The predicted octanol–water partition coefficient (Wildman–Crippen LogP) is 3.19. The van der Waals surface area contributed by atoms with E-state index in [0.29, 0.717) is 6.54 Å². The van der Waals surface area contributed by atoms with Crippen LogP contribution < -0.4 is 5.73 Å². The van der Waals surface area contributed by atoms with Crippen molar-refractivity contribution in [1.82, 2.24) is 10.2 Å². The van der Waals surface area contributed by atoms with E-state index in [1.807, 2.05) is 6.26 Å². The van der Waals surface area contributed by atoms with E-state index in [0.717, 1.165) is 14.2 Å². The molecule has 2 aromatic rings. The fraction of sp³-hybridized carbons (Fsp3) is 0.273. The molecule has 0 aliphatic rings. The number of benzene rings is 1. The van der Waals surface area contributed by atoms with Gasteiger partial charge >= 0.3 is 0 Å². The number of hydrogen-bond acceptors (Lipinski definition) is 6. The van der Waals surface area contributed by atoms with Crippen LogP contribution in [0, 0.1) is 5.82 Å². The van der Waals surface area contributed by atoms with E-state index in [1.165, 1.54) is 12.1 Å². The summed E-state index contributed by atoms with van der Waals surface area (Å²) < 4.78 is 14.7. The molecule has 0 aliphatic carbocycles. The third kappa shape index (κ3) is 3.44. The summed E-state index contributed by atoms with van der Waals surface area (Å²) in [6.45, 7) is 0.477. The molecule has 0 amide bonds. The van der Waals surface area contributed by atoms with Gasteiger partial charge in [0.05, 0.1) is 0 Å². The monoisotopic (exact) mass is 301 g/mol. The molecule has 0 saturated heterocycles. The Balaban J connectivity index is 2.11. The van der Waals surface area contributed by atoms with Gasteiger partial charge in [0.1, 0.15) is 5.82 Å². The lowest BCUT2D eigenvalue weighted by atomic mass is 10.1. The molecule has 18 heavy (non-hydrogen) atoms. The van der Waals surface area contributed by atoms with Crippen molar-refractivity contribution in [2.75, 3.05) is 12.8 Å². The van der Waals surface area contributed by atoms with Crippen molar-refractivity contribution in [2.45, 2.75) is 13.9 Å². The van der Waals surface area contributed by atoms with E-state index < -0.39 is 0 Å². The third-order valence-corrected chi connectivity index (χ3v) is 5.53. The predicted molar refractivity (Wildman–Crippen MR) is 75.7 cm³/mol. The number of rotatable bonds is 5. The zero-order valence-corrected chi connectivity index (χ0v) is 12.1. The summed E-state index contributed by atoms with van der Waals surface area (Å²) in [4.78, 5) is 0. The summed E-state index contributed by atoms with van der Waals surface area (Å²) in [5.74, 6) is -0.236. The Morgan fingerprint density at radius 2 is 1.94 bits per heavy atom. The Morgan fingerprint density at radius 1 is 1.28 bits per heavy atom. The molecular formula is C11H12FN3S3. The lowest BCUT2D eigenvalue weighted by Crippen LogP contribution is -2.09. The Labute approximate surface area is 117 Å². The quantitative estimate of drug-likeness (QED) is 0.860. The van der Waals surface area contributed by atoms with Crippen LogP contribution >= 0.6 is 34.9 Å². The number of nitrogens with zero attached hydrogens (tertiary/aromatic N) is 2. The molecule has 2 N–H and O–H groups in total. The number of hydrogen-bond donors (Lipinski definition) is 1. The second-order valence-electron chi connectivity index (χ2n) is 3.43. The normalized spacial score (nSPS) is 12.6. The minimum atomic E-state index is -0.236. The smallest absolute Gasteiger partial charge is 0.175 e. The van der Waals surface area contributed by atoms with Crippen molar-refractivity contribution in [3.05, 3.63) is 35.6 Å². The SMILES string of the molecule is CSc1nnc(SC(CN)c2ccc(F)cc2)s1. The molecule has 1 unspecified atom stereocenters. The van der Waals surface area contributed by atoms with Gasteiger partial charge in [-0.1, -0.05) is 47.0 Å². The van der Waals surface area contributed by atoms with Crippen LogP contribution in [0.2, 0.25) is 0 Å². The van der Waals surface area contributed by atoms with Crippen LogP contribution in [0.1, 0.15) is 10.8 Å². The van der Waals surface area contributed by atoms with E-state index in [2.05, 4.69) is 10.2 Å². The van der Waals surface area contributed by atoms with Crippen molar-refractivity contribution in [3.63, 3.8) is 0 Å². The molecule has 2 rings (SSSR count). The highest BCUT2D eigenvalue weighted by atomic mass is 32.2. The molecule has 1 aromatic carbocycles. The summed E-state index contributed by atoms with van der Waals surface area (Å²) in [5, 5.41) is 8.22. The van der Waals surface area contributed by atoms with Crippen LogP contribution in [0.15, 0.2) is 32.9 Å². The molecule has 3 nitrogen and oxygen atoms in total. The van der Waals surface area contributed by atoms with E-state index in [9.17, 15) is 4.39 Å². The molecule has 0 aliphatic heterocycles. The average molecular weight is 301 g/mol. The van der Waals surface area contributed by atoms with Gasteiger partial charge in [-0.2, -0.15) is 0 Å². The van der Waals surface area contributed by atoms with Crippen molar-refractivity contribution in [2.24, 2.45) is 5.73 Å². The zero-order valence-electron chi connectivity index (χ0n) is 9.67. The molecular weight excluding hydrogens is 289 g/mol. The Morgan fingerprint density at radius 3 is 2.50 bits per heavy atom. The van der Waals surface area contributed by atoms with Gasteiger partial charge in [0.15, 0.2) is 8.68 Å². The van der Waals surface area contributed by atoms with Crippen molar-refractivity contribution in [1.29, 1.82) is 0 Å². The number of aromatic nitrogens is 2. The molecule has 1 aromatic heterocycles. The Kier molecular flexibility index (Phi) is 4.99. The van der Waals surface area contributed by atoms with Crippen molar-refractivity contribution >= 4 is 34.9 Å². The topological polar surface area (TPSA) is 51.8 Å². The van der Waals surface area contributed by atoms with E-state index >= 15 is 0 Å².